The Labute approximate surface area is 61.1 Å². The number of hydrogen-bond donors (Lipinski definition) is 1. The Balaban J connectivity index is 3.22. The molecule has 0 saturated heterocycles. The number of hydrogen-bond acceptors (Lipinski definition) is 3. The Morgan fingerprint density at radius 1 is 1.60 bits per heavy atom. The number of likely N-dealkylation sites (N-methyl/N-ethyl adjacent to an activating group) is 1. The van der Waals surface area contributed by atoms with Crippen LogP contribution in [0.4, 0.5) is 0 Å². The Bertz CT molecular complexity index is 104. The number of carbonyl (C=O) groups is 1. The van der Waals surface area contributed by atoms with Crippen molar-refractivity contribution >= 4 is 5.91 Å². The zero-order valence-electron chi connectivity index (χ0n) is 6.68. The van der Waals surface area contributed by atoms with Gasteiger partial charge in [-0.05, 0) is 6.92 Å². The summed E-state index contributed by atoms with van der Waals surface area (Å²) in [5, 5.41) is 0. The lowest BCUT2D eigenvalue weighted by molar-refractivity contribution is -0.130. The van der Waals surface area contributed by atoms with Crippen molar-refractivity contribution < 1.29 is 9.63 Å². The smallest absolute Gasteiger partial charge is 0.238 e. The molecule has 0 heterocycles. The van der Waals surface area contributed by atoms with E-state index in [0.29, 0.717) is 6.61 Å². The standard InChI is InChI=1S/C6H14N2O2/c1-4-10-7-5-6(9)8(2)3/h7H,4-5H2,1-3H3. The predicted octanol–water partition coefficient (Wildman–Crippen LogP) is -0.384. The second-order valence-electron chi connectivity index (χ2n) is 2.04. The Hall–Kier alpha value is -0.610. The van der Waals surface area contributed by atoms with Crippen LogP contribution < -0.4 is 5.48 Å². The van der Waals surface area contributed by atoms with Crippen molar-refractivity contribution in [2.75, 3.05) is 27.2 Å². The molecule has 0 spiro atoms. The highest BCUT2D eigenvalue weighted by atomic mass is 16.6. The molecule has 1 N–H and O–H groups in total. The fraction of sp³-hybridized carbons (Fsp3) is 0.833. The summed E-state index contributed by atoms with van der Waals surface area (Å²) in [6.07, 6.45) is 0. The molecular formula is C6H14N2O2. The van der Waals surface area contributed by atoms with Gasteiger partial charge in [0.15, 0.2) is 0 Å². The maximum absolute atomic E-state index is 10.8. The highest BCUT2D eigenvalue weighted by Crippen LogP contribution is 1.75. The molecule has 0 radical (unpaired) electrons. The van der Waals surface area contributed by atoms with Gasteiger partial charge >= 0.3 is 0 Å². The molecule has 4 nitrogen and oxygen atoms in total. The zero-order chi connectivity index (χ0) is 7.98. The number of rotatable bonds is 4. The van der Waals surface area contributed by atoms with Gasteiger partial charge in [-0.2, -0.15) is 5.48 Å². The highest BCUT2D eigenvalue weighted by Gasteiger charge is 2.00. The first-order chi connectivity index (χ1) is 4.68. The summed E-state index contributed by atoms with van der Waals surface area (Å²) >= 11 is 0. The van der Waals surface area contributed by atoms with Crippen LogP contribution in [0.3, 0.4) is 0 Å². The quantitative estimate of drug-likeness (QED) is 0.434. The van der Waals surface area contributed by atoms with Crippen LogP contribution in [0.15, 0.2) is 0 Å². The SMILES string of the molecule is CCONCC(=O)N(C)C. The molecule has 0 fully saturated rings. The van der Waals surface area contributed by atoms with Gasteiger partial charge in [-0.15, -0.1) is 0 Å². The van der Waals surface area contributed by atoms with E-state index in [4.69, 9.17) is 4.84 Å². The van der Waals surface area contributed by atoms with Crippen molar-refractivity contribution in [2.24, 2.45) is 0 Å². The molecule has 0 aromatic carbocycles. The molecule has 60 valence electrons. The first-order valence-electron chi connectivity index (χ1n) is 3.23. The second-order valence-corrected chi connectivity index (χ2v) is 2.04. The molecule has 0 unspecified atom stereocenters. The largest absolute Gasteiger partial charge is 0.348 e. The number of hydroxylamine groups is 1. The third-order valence-corrected chi connectivity index (χ3v) is 0.969. The highest BCUT2D eigenvalue weighted by molar-refractivity contribution is 5.77. The molecule has 0 aromatic heterocycles. The van der Waals surface area contributed by atoms with Crippen LogP contribution in [0, 0.1) is 0 Å². The van der Waals surface area contributed by atoms with Gasteiger partial charge in [0, 0.05) is 14.1 Å². The van der Waals surface area contributed by atoms with E-state index in [1.165, 1.54) is 4.90 Å². The third kappa shape index (κ3) is 4.29. The van der Waals surface area contributed by atoms with Gasteiger partial charge < -0.3 is 9.74 Å². The topological polar surface area (TPSA) is 41.6 Å². The normalized spacial score (nSPS) is 9.50. The summed E-state index contributed by atoms with van der Waals surface area (Å²) < 4.78 is 0. The molecule has 0 atom stereocenters. The summed E-state index contributed by atoms with van der Waals surface area (Å²) in [4.78, 5) is 17.1. The van der Waals surface area contributed by atoms with E-state index in [1.54, 1.807) is 14.1 Å². The minimum atomic E-state index is 0.00782. The van der Waals surface area contributed by atoms with Crippen LogP contribution in [-0.4, -0.2) is 38.1 Å². The summed E-state index contributed by atoms with van der Waals surface area (Å²) in [7, 11) is 3.41. The van der Waals surface area contributed by atoms with Crippen LogP contribution in [0.25, 0.3) is 0 Å². The molecule has 0 bridgehead atoms. The van der Waals surface area contributed by atoms with Gasteiger partial charge in [0.05, 0.1) is 6.61 Å². The van der Waals surface area contributed by atoms with Crippen LogP contribution in [0.1, 0.15) is 6.92 Å². The average Bonchev–Trinajstić information content (AvgIpc) is 1.88. The first-order valence-corrected chi connectivity index (χ1v) is 3.23. The molecule has 0 aromatic rings. The maximum atomic E-state index is 10.8. The fourth-order valence-corrected chi connectivity index (χ4v) is 0.373. The molecule has 1 amide bonds. The van der Waals surface area contributed by atoms with E-state index in [9.17, 15) is 4.79 Å². The van der Waals surface area contributed by atoms with Crippen LogP contribution in [-0.2, 0) is 9.63 Å². The lowest BCUT2D eigenvalue weighted by atomic mass is 10.6. The lowest BCUT2D eigenvalue weighted by Crippen LogP contribution is -2.32. The summed E-state index contributed by atoms with van der Waals surface area (Å²) in [6.45, 7) is 2.66. The Kier molecular flexibility index (Phi) is 4.88. The lowest BCUT2D eigenvalue weighted by Gasteiger charge is -2.09. The monoisotopic (exact) mass is 146 g/mol. The average molecular weight is 146 g/mol. The van der Waals surface area contributed by atoms with Crippen molar-refractivity contribution in [3.63, 3.8) is 0 Å². The number of nitrogens with one attached hydrogen (secondary N) is 1. The van der Waals surface area contributed by atoms with Crippen LogP contribution >= 0.6 is 0 Å². The summed E-state index contributed by atoms with van der Waals surface area (Å²) in [5.74, 6) is 0.00782. The Morgan fingerprint density at radius 3 is 2.60 bits per heavy atom. The molecule has 0 aliphatic rings. The third-order valence-electron chi connectivity index (χ3n) is 0.969. The van der Waals surface area contributed by atoms with Crippen molar-refractivity contribution in [2.45, 2.75) is 6.92 Å². The fourth-order valence-electron chi connectivity index (χ4n) is 0.373. The van der Waals surface area contributed by atoms with Gasteiger partial charge in [-0.1, -0.05) is 0 Å². The minimum Gasteiger partial charge on any atom is -0.348 e. The molecule has 0 rings (SSSR count). The predicted molar refractivity (Wildman–Crippen MR) is 38.3 cm³/mol. The first kappa shape index (κ1) is 9.39. The van der Waals surface area contributed by atoms with E-state index in [0.717, 1.165) is 0 Å². The van der Waals surface area contributed by atoms with E-state index >= 15 is 0 Å². The summed E-state index contributed by atoms with van der Waals surface area (Å²) in [5.41, 5.74) is 2.52. The van der Waals surface area contributed by atoms with Crippen molar-refractivity contribution in [1.82, 2.24) is 10.4 Å². The Morgan fingerprint density at radius 2 is 2.20 bits per heavy atom. The van der Waals surface area contributed by atoms with E-state index < -0.39 is 0 Å². The van der Waals surface area contributed by atoms with Gasteiger partial charge in [0.25, 0.3) is 0 Å². The zero-order valence-corrected chi connectivity index (χ0v) is 6.68. The second kappa shape index (κ2) is 5.20. The van der Waals surface area contributed by atoms with Gasteiger partial charge in [-0.3, -0.25) is 4.79 Å². The maximum Gasteiger partial charge on any atom is 0.238 e. The van der Waals surface area contributed by atoms with Gasteiger partial charge in [-0.25, -0.2) is 0 Å². The van der Waals surface area contributed by atoms with Crippen molar-refractivity contribution in [3.05, 3.63) is 0 Å². The van der Waals surface area contributed by atoms with E-state index in [1.807, 2.05) is 6.92 Å². The molecule has 10 heavy (non-hydrogen) atoms. The molecule has 0 aliphatic heterocycles. The number of amides is 1. The van der Waals surface area contributed by atoms with Crippen LogP contribution in [0.5, 0.6) is 0 Å². The summed E-state index contributed by atoms with van der Waals surface area (Å²) in [6, 6.07) is 0. The molecule has 4 heteroatoms. The van der Waals surface area contributed by atoms with Crippen molar-refractivity contribution in [3.8, 4) is 0 Å². The number of carbonyl (C=O) groups excluding carboxylic acids is 1. The van der Waals surface area contributed by atoms with E-state index in [-0.39, 0.29) is 12.5 Å². The minimum absolute atomic E-state index is 0.00782. The van der Waals surface area contributed by atoms with Gasteiger partial charge in [0.2, 0.25) is 5.91 Å². The van der Waals surface area contributed by atoms with Gasteiger partial charge in [0.1, 0.15) is 6.54 Å². The molecular weight excluding hydrogens is 132 g/mol. The van der Waals surface area contributed by atoms with Crippen LogP contribution in [0.2, 0.25) is 0 Å². The molecule has 0 saturated carbocycles. The van der Waals surface area contributed by atoms with E-state index in [2.05, 4.69) is 5.48 Å². The number of nitrogens with zero attached hydrogens (tertiary/aromatic N) is 1. The van der Waals surface area contributed by atoms with Crippen molar-refractivity contribution in [1.29, 1.82) is 0 Å². The molecule has 0 aliphatic carbocycles.